The number of methoxy groups -OCH3 is 2. The highest BCUT2D eigenvalue weighted by atomic mass is 32.1. The molecular weight excluding hydrogens is 374 g/mol. The standard InChI is InChI=1S/C22H19NO2S2/c1-14-4-13-19(26-14)22-23-20(15-5-9-17(24-2)10-6-15)21(27-22)16-7-11-18(25-3)12-8-16/h4-13H,1-3H3. The highest BCUT2D eigenvalue weighted by Gasteiger charge is 2.17. The molecule has 2 aromatic heterocycles. The zero-order valence-electron chi connectivity index (χ0n) is 15.4. The summed E-state index contributed by atoms with van der Waals surface area (Å²) in [6, 6.07) is 20.5. The summed E-state index contributed by atoms with van der Waals surface area (Å²) >= 11 is 3.50. The molecule has 0 fully saturated rings. The molecule has 0 saturated heterocycles. The van der Waals surface area contributed by atoms with Crippen LogP contribution in [0.25, 0.3) is 31.6 Å². The Morgan fingerprint density at radius 3 is 1.81 bits per heavy atom. The minimum Gasteiger partial charge on any atom is -0.497 e. The van der Waals surface area contributed by atoms with Gasteiger partial charge in [0.1, 0.15) is 16.5 Å². The van der Waals surface area contributed by atoms with Crippen molar-refractivity contribution >= 4 is 22.7 Å². The van der Waals surface area contributed by atoms with E-state index in [2.05, 4.69) is 43.3 Å². The number of benzene rings is 2. The largest absolute Gasteiger partial charge is 0.497 e. The van der Waals surface area contributed by atoms with Gasteiger partial charge in [0.15, 0.2) is 0 Å². The van der Waals surface area contributed by atoms with Crippen LogP contribution >= 0.6 is 22.7 Å². The lowest BCUT2D eigenvalue weighted by Gasteiger charge is -2.05. The lowest BCUT2D eigenvalue weighted by molar-refractivity contribution is 0.414. The maximum atomic E-state index is 5.30. The molecule has 27 heavy (non-hydrogen) atoms. The SMILES string of the molecule is COc1ccc(-c2nc(-c3ccc(C)s3)sc2-c2ccc(OC)cc2)cc1. The van der Waals surface area contributed by atoms with Gasteiger partial charge in [-0.1, -0.05) is 0 Å². The Kier molecular flexibility index (Phi) is 4.97. The van der Waals surface area contributed by atoms with Crippen molar-refractivity contribution in [1.82, 2.24) is 4.98 Å². The Bertz CT molecular complexity index is 982. The van der Waals surface area contributed by atoms with Gasteiger partial charge < -0.3 is 9.47 Å². The van der Waals surface area contributed by atoms with E-state index < -0.39 is 0 Å². The fraction of sp³-hybridized carbons (Fsp3) is 0.136. The van der Waals surface area contributed by atoms with Crippen molar-refractivity contribution in [1.29, 1.82) is 0 Å². The molecule has 5 heteroatoms. The number of rotatable bonds is 5. The van der Waals surface area contributed by atoms with Gasteiger partial charge in [0, 0.05) is 10.4 Å². The summed E-state index contributed by atoms with van der Waals surface area (Å²) in [4.78, 5) is 8.64. The van der Waals surface area contributed by atoms with Crippen molar-refractivity contribution in [3.05, 3.63) is 65.5 Å². The predicted octanol–water partition coefficient (Wildman–Crippen LogP) is 6.53. The summed E-state index contributed by atoms with van der Waals surface area (Å²) in [5, 5.41) is 1.05. The molecule has 3 nitrogen and oxygen atoms in total. The van der Waals surface area contributed by atoms with Crippen molar-refractivity contribution in [2.24, 2.45) is 0 Å². The summed E-state index contributed by atoms with van der Waals surface area (Å²) < 4.78 is 10.6. The van der Waals surface area contributed by atoms with Gasteiger partial charge >= 0.3 is 0 Å². The summed E-state index contributed by atoms with van der Waals surface area (Å²) in [6.07, 6.45) is 0. The summed E-state index contributed by atoms with van der Waals surface area (Å²) in [5.41, 5.74) is 3.21. The molecule has 0 aliphatic carbocycles. The first-order valence-electron chi connectivity index (χ1n) is 8.54. The number of thiophene rings is 1. The topological polar surface area (TPSA) is 31.4 Å². The molecule has 2 heterocycles. The molecule has 4 rings (SSSR count). The van der Waals surface area contributed by atoms with Crippen molar-refractivity contribution in [3.63, 3.8) is 0 Å². The second-order valence-electron chi connectivity index (χ2n) is 6.06. The first kappa shape index (κ1) is 17.8. The number of aryl methyl sites for hydroxylation is 1. The summed E-state index contributed by atoms with van der Waals surface area (Å²) in [6.45, 7) is 2.12. The molecule has 0 atom stereocenters. The molecule has 0 saturated carbocycles. The summed E-state index contributed by atoms with van der Waals surface area (Å²) in [7, 11) is 3.36. The van der Waals surface area contributed by atoms with Crippen LogP contribution in [-0.4, -0.2) is 19.2 Å². The van der Waals surface area contributed by atoms with Crippen LogP contribution < -0.4 is 9.47 Å². The molecule has 0 N–H and O–H groups in total. The normalized spacial score (nSPS) is 10.8. The zero-order valence-corrected chi connectivity index (χ0v) is 17.0. The fourth-order valence-corrected chi connectivity index (χ4v) is 4.87. The third-order valence-electron chi connectivity index (χ3n) is 4.29. The van der Waals surface area contributed by atoms with Crippen molar-refractivity contribution in [2.45, 2.75) is 6.92 Å². The fourth-order valence-electron chi connectivity index (χ4n) is 2.86. The van der Waals surface area contributed by atoms with E-state index >= 15 is 0 Å². The van der Waals surface area contributed by atoms with Crippen molar-refractivity contribution in [3.8, 4) is 43.1 Å². The predicted molar refractivity (Wildman–Crippen MR) is 114 cm³/mol. The molecule has 0 bridgehead atoms. The van der Waals surface area contributed by atoms with Crippen LogP contribution in [0.1, 0.15) is 4.88 Å². The zero-order chi connectivity index (χ0) is 18.8. The first-order valence-corrected chi connectivity index (χ1v) is 10.2. The van der Waals surface area contributed by atoms with E-state index in [-0.39, 0.29) is 0 Å². The molecule has 0 aliphatic rings. The average Bonchev–Trinajstić information content (AvgIpc) is 3.34. The highest BCUT2D eigenvalue weighted by Crippen LogP contribution is 2.42. The second kappa shape index (κ2) is 7.55. The Morgan fingerprint density at radius 1 is 0.704 bits per heavy atom. The quantitative estimate of drug-likeness (QED) is 0.386. The van der Waals surface area contributed by atoms with E-state index in [0.717, 1.165) is 38.2 Å². The number of thiazole rings is 1. The van der Waals surface area contributed by atoms with E-state index in [1.165, 1.54) is 9.75 Å². The molecule has 2 aromatic carbocycles. The van der Waals surface area contributed by atoms with Gasteiger partial charge in [-0.3, -0.25) is 0 Å². The molecule has 0 unspecified atom stereocenters. The van der Waals surface area contributed by atoms with Crippen LogP contribution in [0.3, 0.4) is 0 Å². The van der Waals surface area contributed by atoms with Gasteiger partial charge in [-0.15, -0.1) is 22.7 Å². The Morgan fingerprint density at radius 2 is 1.30 bits per heavy atom. The van der Waals surface area contributed by atoms with E-state index in [1.54, 1.807) is 36.9 Å². The lowest BCUT2D eigenvalue weighted by atomic mass is 10.1. The monoisotopic (exact) mass is 393 g/mol. The first-order chi connectivity index (χ1) is 13.2. The van der Waals surface area contributed by atoms with Crippen LogP contribution in [0.2, 0.25) is 0 Å². The van der Waals surface area contributed by atoms with Crippen LogP contribution in [0.15, 0.2) is 60.7 Å². The maximum Gasteiger partial charge on any atom is 0.134 e. The average molecular weight is 394 g/mol. The molecule has 0 aliphatic heterocycles. The highest BCUT2D eigenvalue weighted by molar-refractivity contribution is 7.23. The van der Waals surface area contributed by atoms with Gasteiger partial charge in [0.05, 0.1) is 29.7 Å². The molecular formula is C22H19NO2S2. The minimum atomic E-state index is 0.842. The number of nitrogens with zero attached hydrogens (tertiary/aromatic N) is 1. The van der Waals surface area contributed by atoms with Crippen molar-refractivity contribution < 1.29 is 9.47 Å². The minimum absolute atomic E-state index is 0.842. The van der Waals surface area contributed by atoms with Crippen LogP contribution in [0, 0.1) is 6.92 Å². The van der Waals surface area contributed by atoms with Crippen molar-refractivity contribution in [2.75, 3.05) is 14.2 Å². The number of hydrogen-bond donors (Lipinski definition) is 0. The number of hydrogen-bond acceptors (Lipinski definition) is 5. The molecule has 0 spiro atoms. The summed E-state index contributed by atoms with van der Waals surface area (Å²) in [5.74, 6) is 1.69. The Hall–Kier alpha value is -2.63. The van der Waals surface area contributed by atoms with Gasteiger partial charge in [-0.05, 0) is 73.2 Å². The number of aromatic nitrogens is 1. The Balaban J connectivity index is 1.84. The van der Waals surface area contributed by atoms with Gasteiger partial charge in [0.2, 0.25) is 0 Å². The van der Waals surface area contributed by atoms with E-state index in [1.807, 2.05) is 24.3 Å². The van der Waals surface area contributed by atoms with E-state index in [9.17, 15) is 0 Å². The van der Waals surface area contributed by atoms with Crippen LogP contribution in [-0.2, 0) is 0 Å². The smallest absolute Gasteiger partial charge is 0.134 e. The third kappa shape index (κ3) is 3.61. The van der Waals surface area contributed by atoms with E-state index in [0.29, 0.717) is 0 Å². The maximum absolute atomic E-state index is 5.30. The molecule has 0 amide bonds. The third-order valence-corrected chi connectivity index (χ3v) is 6.57. The molecule has 0 radical (unpaired) electrons. The molecule has 136 valence electrons. The van der Waals surface area contributed by atoms with Crippen LogP contribution in [0.5, 0.6) is 11.5 Å². The van der Waals surface area contributed by atoms with Gasteiger partial charge in [-0.25, -0.2) is 4.98 Å². The Labute approximate surface area is 166 Å². The van der Waals surface area contributed by atoms with Gasteiger partial charge in [0.25, 0.3) is 0 Å². The van der Waals surface area contributed by atoms with E-state index in [4.69, 9.17) is 14.5 Å². The van der Waals surface area contributed by atoms with Gasteiger partial charge in [-0.2, -0.15) is 0 Å². The lowest BCUT2D eigenvalue weighted by Crippen LogP contribution is -1.86. The second-order valence-corrected chi connectivity index (χ2v) is 8.35. The molecule has 4 aromatic rings. The van der Waals surface area contributed by atoms with Crippen LogP contribution in [0.4, 0.5) is 0 Å². The number of ether oxygens (including phenoxy) is 2.